The van der Waals surface area contributed by atoms with Crippen LogP contribution in [0, 0.1) is 0 Å². The van der Waals surface area contributed by atoms with Crippen molar-refractivity contribution in [2.45, 2.75) is 39.2 Å². The molecule has 1 aromatic carbocycles. The molecule has 1 aromatic rings. The van der Waals surface area contributed by atoms with Crippen LogP contribution in [-0.2, 0) is 9.53 Å². The predicted octanol–water partition coefficient (Wildman–Crippen LogP) is 3.30. The summed E-state index contributed by atoms with van der Waals surface area (Å²) in [5, 5.41) is 2.63. The molecule has 0 bridgehead atoms. The Balaban J connectivity index is 2.45. The van der Waals surface area contributed by atoms with E-state index in [0.29, 0.717) is 16.6 Å². The molecule has 0 fully saturated rings. The summed E-state index contributed by atoms with van der Waals surface area (Å²) in [5.41, 5.74) is 0.498. The number of benzene rings is 1. The predicted molar refractivity (Wildman–Crippen MR) is 81.6 cm³/mol. The highest BCUT2D eigenvalue weighted by atomic mass is 79.9. The molecule has 0 radical (unpaired) electrons. The van der Waals surface area contributed by atoms with Crippen LogP contribution in [0.1, 0.15) is 43.5 Å². The van der Waals surface area contributed by atoms with Gasteiger partial charge in [-0.2, -0.15) is 0 Å². The summed E-state index contributed by atoms with van der Waals surface area (Å²) in [7, 11) is 0. The van der Waals surface area contributed by atoms with Crippen LogP contribution in [0.3, 0.4) is 0 Å². The van der Waals surface area contributed by atoms with E-state index in [9.17, 15) is 9.59 Å². The number of amides is 1. The second-order valence-corrected chi connectivity index (χ2v) is 5.40. The number of unbranched alkanes of at least 4 members (excludes halogenated alkanes) is 2. The quantitative estimate of drug-likeness (QED) is 0.611. The number of ether oxygens (including phenoxy) is 1. The SMILES string of the molecule is CCCCCOC(=O)[C@H](C)NC(=O)c1ccccc1Br. The average Bonchev–Trinajstić information content (AvgIpc) is 2.43. The molecule has 0 heterocycles. The van der Waals surface area contributed by atoms with Crippen molar-refractivity contribution >= 4 is 27.8 Å². The highest BCUT2D eigenvalue weighted by Crippen LogP contribution is 2.15. The topological polar surface area (TPSA) is 55.4 Å². The van der Waals surface area contributed by atoms with Crippen LogP contribution >= 0.6 is 15.9 Å². The first-order chi connectivity index (χ1) is 9.56. The van der Waals surface area contributed by atoms with Crippen molar-refractivity contribution in [3.8, 4) is 0 Å². The van der Waals surface area contributed by atoms with E-state index in [1.54, 1.807) is 25.1 Å². The van der Waals surface area contributed by atoms with Crippen LogP contribution in [0.25, 0.3) is 0 Å². The first-order valence-corrected chi connectivity index (χ1v) is 7.57. The average molecular weight is 342 g/mol. The van der Waals surface area contributed by atoms with Gasteiger partial charge in [-0.15, -0.1) is 0 Å². The van der Waals surface area contributed by atoms with Crippen molar-refractivity contribution in [1.82, 2.24) is 5.32 Å². The molecular weight excluding hydrogens is 322 g/mol. The van der Waals surface area contributed by atoms with Crippen molar-refractivity contribution < 1.29 is 14.3 Å². The molecule has 0 spiro atoms. The number of esters is 1. The number of carbonyl (C=O) groups is 2. The first-order valence-electron chi connectivity index (χ1n) is 6.78. The number of hydrogen-bond acceptors (Lipinski definition) is 3. The molecule has 1 atom stereocenters. The normalized spacial score (nSPS) is 11.8. The fourth-order valence-electron chi connectivity index (χ4n) is 1.63. The number of halogens is 1. The molecule has 0 saturated carbocycles. The highest BCUT2D eigenvalue weighted by molar-refractivity contribution is 9.10. The van der Waals surface area contributed by atoms with Crippen molar-refractivity contribution in [2.24, 2.45) is 0 Å². The van der Waals surface area contributed by atoms with E-state index in [4.69, 9.17) is 4.74 Å². The Morgan fingerprint density at radius 2 is 2.00 bits per heavy atom. The van der Waals surface area contributed by atoms with Crippen LogP contribution in [0.15, 0.2) is 28.7 Å². The maximum atomic E-state index is 12.0. The van der Waals surface area contributed by atoms with Crippen LogP contribution in [0.2, 0.25) is 0 Å². The standard InChI is InChI=1S/C15H20BrNO3/c1-3-4-7-10-20-15(19)11(2)17-14(18)12-8-5-6-9-13(12)16/h5-6,8-9,11H,3-4,7,10H2,1-2H3,(H,17,18)/t11-/m0/s1. The molecule has 0 saturated heterocycles. The summed E-state index contributed by atoms with van der Waals surface area (Å²) in [6, 6.07) is 6.41. The molecule has 5 heteroatoms. The van der Waals surface area contributed by atoms with Gasteiger partial charge in [0.15, 0.2) is 0 Å². The summed E-state index contributed by atoms with van der Waals surface area (Å²) >= 11 is 3.31. The fourth-order valence-corrected chi connectivity index (χ4v) is 2.09. The van der Waals surface area contributed by atoms with E-state index in [-0.39, 0.29) is 5.91 Å². The fraction of sp³-hybridized carbons (Fsp3) is 0.467. The zero-order valence-corrected chi connectivity index (χ0v) is 13.4. The van der Waals surface area contributed by atoms with Crippen LogP contribution < -0.4 is 5.32 Å². The minimum absolute atomic E-state index is 0.296. The van der Waals surface area contributed by atoms with Gasteiger partial charge in [0, 0.05) is 4.47 Å². The summed E-state index contributed by atoms with van der Waals surface area (Å²) in [5.74, 6) is -0.697. The molecule has 1 N–H and O–H groups in total. The van der Waals surface area contributed by atoms with Gasteiger partial charge in [-0.1, -0.05) is 31.9 Å². The Morgan fingerprint density at radius 3 is 2.65 bits per heavy atom. The van der Waals surface area contributed by atoms with Gasteiger partial charge in [-0.05, 0) is 41.4 Å². The minimum atomic E-state index is -0.656. The molecule has 0 unspecified atom stereocenters. The van der Waals surface area contributed by atoms with Crippen molar-refractivity contribution in [1.29, 1.82) is 0 Å². The Bertz CT molecular complexity index is 462. The zero-order valence-electron chi connectivity index (χ0n) is 11.8. The summed E-state index contributed by atoms with van der Waals surface area (Å²) in [4.78, 5) is 23.7. The van der Waals surface area contributed by atoms with E-state index in [0.717, 1.165) is 19.3 Å². The Labute approximate surface area is 128 Å². The third kappa shape index (κ3) is 5.33. The second kappa shape index (κ2) is 8.74. The Morgan fingerprint density at radius 1 is 1.30 bits per heavy atom. The van der Waals surface area contributed by atoms with Gasteiger partial charge in [0.2, 0.25) is 0 Å². The molecule has 0 aliphatic carbocycles. The lowest BCUT2D eigenvalue weighted by Crippen LogP contribution is -2.39. The maximum absolute atomic E-state index is 12.0. The third-order valence-corrected chi connectivity index (χ3v) is 3.50. The minimum Gasteiger partial charge on any atom is -0.464 e. The summed E-state index contributed by atoms with van der Waals surface area (Å²) in [6.07, 6.45) is 2.96. The van der Waals surface area contributed by atoms with Crippen LogP contribution in [-0.4, -0.2) is 24.5 Å². The molecule has 0 aromatic heterocycles. The first kappa shape index (κ1) is 16.7. The largest absolute Gasteiger partial charge is 0.464 e. The lowest BCUT2D eigenvalue weighted by molar-refractivity contribution is -0.145. The van der Waals surface area contributed by atoms with Gasteiger partial charge in [-0.3, -0.25) is 4.79 Å². The second-order valence-electron chi connectivity index (χ2n) is 4.55. The number of carbonyl (C=O) groups excluding carboxylic acids is 2. The van der Waals surface area contributed by atoms with Gasteiger partial charge in [0.25, 0.3) is 5.91 Å². The van der Waals surface area contributed by atoms with Gasteiger partial charge >= 0.3 is 5.97 Å². The van der Waals surface area contributed by atoms with E-state index < -0.39 is 12.0 Å². The van der Waals surface area contributed by atoms with Gasteiger partial charge in [0.1, 0.15) is 6.04 Å². The maximum Gasteiger partial charge on any atom is 0.328 e. The van der Waals surface area contributed by atoms with E-state index in [1.165, 1.54) is 0 Å². The van der Waals surface area contributed by atoms with E-state index >= 15 is 0 Å². The molecule has 4 nitrogen and oxygen atoms in total. The monoisotopic (exact) mass is 341 g/mol. The summed E-state index contributed by atoms with van der Waals surface area (Å²) in [6.45, 7) is 4.11. The third-order valence-electron chi connectivity index (χ3n) is 2.81. The molecular formula is C15H20BrNO3. The lowest BCUT2D eigenvalue weighted by atomic mass is 10.2. The summed E-state index contributed by atoms with van der Waals surface area (Å²) < 4.78 is 5.80. The van der Waals surface area contributed by atoms with E-state index in [2.05, 4.69) is 28.2 Å². The molecule has 1 amide bonds. The molecule has 110 valence electrons. The molecule has 0 aliphatic rings. The molecule has 1 rings (SSSR count). The number of hydrogen-bond donors (Lipinski definition) is 1. The van der Waals surface area contributed by atoms with Crippen LogP contribution in [0.5, 0.6) is 0 Å². The Hall–Kier alpha value is -1.36. The Kier molecular flexibility index (Phi) is 7.30. The molecule has 20 heavy (non-hydrogen) atoms. The van der Waals surface area contributed by atoms with Crippen molar-refractivity contribution in [3.63, 3.8) is 0 Å². The van der Waals surface area contributed by atoms with Gasteiger partial charge < -0.3 is 10.1 Å². The van der Waals surface area contributed by atoms with E-state index in [1.807, 2.05) is 6.07 Å². The van der Waals surface area contributed by atoms with Gasteiger partial charge in [-0.25, -0.2) is 4.79 Å². The van der Waals surface area contributed by atoms with Crippen molar-refractivity contribution in [3.05, 3.63) is 34.3 Å². The molecule has 0 aliphatic heterocycles. The smallest absolute Gasteiger partial charge is 0.328 e. The van der Waals surface area contributed by atoms with Crippen LogP contribution in [0.4, 0.5) is 0 Å². The number of nitrogens with one attached hydrogen (secondary N) is 1. The van der Waals surface area contributed by atoms with Gasteiger partial charge in [0.05, 0.1) is 12.2 Å². The van der Waals surface area contributed by atoms with Crippen molar-refractivity contribution in [2.75, 3.05) is 6.61 Å². The highest BCUT2D eigenvalue weighted by Gasteiger charge is 2.18. The number of rotatable bonds is 7. The lowest BCUT2D eigenvalue weighted by Gasteiger charge is -2.14. The zero-order chi connectivity index (χ0) is 15.0.